The molecule has 4 aliphatic heterocycles. The number of halogens is 1. The second kappa shape index (κ2) is 17.4. The Morgan fingerprint density at radius 3 is 2.44 bits per heavy atom. The Balaban J connectivity index is 0.809. The van der Waals surface area contributed by atoms with Crippen molar-refractivity contribution in [3.05, 3.63) is 88.7 Å². The average molecular weight is 873 g/mol. The van der Waals surface area contributed by atoms with Crippen LogP contribution in [0.2, 0.25) is 0 Å². The number of fused-ring (bicyclic) bond motifs is 1. The number of hydrogen-bond acceptors (Lipinski definition) is 11. The number of phenols is 1. The van der Waals surface area contributed by atoms with Crippen molar-refractivity contribution in [3.63, 3.8) is 0 Å². The predicted molar refractivity (Wildman–Crippen MR) is 243 cm³/mol. The number of amides is 4. The van der Waals surface area contributed by atoms with Gasteiger partial charge in [-0.1, -0.05) is 31.2 Å². The van der Waals surface area contributed by atoms with Crippen LogP contribution in [0, 0.1) is 13.8 Å². The van der Waals surface area contributed by atoms with Gasteiger partial charge in [-0.25, -0.2) is 14.2 Å². The zero-order chi connectivity index (χ0) is 44.9. The SMILES string of the molecule is CCc1cn(C2CCN(CC3(F)CCN(C(=O)c4c(C)cc([C@@H]5CN(c6cc(-c7ccccc7O)nnc6N)C[C@H](C)O5)cc4C)CC3)CC2)c2ncc(N3CCC(=O)NC3=O)cc12. The maximum Gasteiger partial charge on any atom is 0.328 e. The van der Waals surface area contributed by atoms with Gasteiger partial charge in [0.1, 0.15) is 23.2 Å². The van der Waals surface area contributed by atoms with Gasteiger partial charge in [0.25, 0.3) is 5.91 Å². The summed E-state index contributed by atoms with van der Waals surface area (Å²) < 4.78 is 25.3. The maximum absolute atomic E-state index is 16.6. The number of aryl methyl sites for hydroxylation is 3. The largest absolute Gasteiger partial charge is 0.507 e. The second-order valence-corrected chi connectivity index (χ2v) is 18.1. The zero-order valence-electron chi connectivity index (χ0n) is 37.0. The molecule has 5 aromatic rings. The van der Waals surface area contributed by atoms with E-state index < -0.39 is 11.7 Å². The number of alkyl halides is 1. The highest BCUT2D eigenvalue weighted by Gasteiger charge is 2.39. The zero-order valence-corrected chi connectivity index (χ0v) is 37.0. The summed E-state index contributed by atoms with van der Waals surface area (Å²) >= 11 is 0. The van der Waals surface area contributed by atoms with Gasteiger partial charge in [-0.05, 0) is 86.6 Å². The Kier molecular flexibility index (Phi) is 11.8. The lowest BCUT2D eigenvalue weighted by Gasteiger charge is -2.41. The Morgan fingerprint density at radius 1 is 1.00 bits per heavy atom. The highest BCUT2D eigenvalue weighted by Crippen LogP contribution is 2.38. The molecule has 4 N–H and O–H groups in total. The number of morpholine rings is 1. The van der Waals surface area contributed by atoms with E-state index in [2.05, 4.69) is 43.0 Å². The average Bonchev–Trinajstić information content (AvgIpc) is 3.65. The van der Waals surface area contributed by atoms with E-state index in [4.69, 9.17) is 15.5 Å². The Bertz CT molecular complexity index is 2580. The molecule has 0 saturated carbocycles. The molecule has 7 heterocycles. The molecule has 15 nitrogen and oxygen atoms in total. The Hall–Kier alpha value is -6.13. The van der Waals surface area contributed by atoms with E-state index in [-0.39, 0.29) is 60.9 Å². The van der Waals surface area contributed by atoms with E-state index in [1.54, 1.807) is 34.2 Å². The molecule has 4 aliphatic rings. The number of nitrogens with one attached hydrogen (secondary N) is 1. The lowest BCUT2D eigenvalue weighted by atomic mass is 9.90. The number of urea groups is 1. The smallest absolute Gasteiger partial charge is 0.328 e. The van der Waals surface area contributed by atoms with Crippen LogP contribution in [-0.2, 0) is 16.0 Å². The summed E-state index contributed by atoms with van der Waals surface area (Å²) in [7, 11) is 0. The second-order valence-electron chi connectivity index (χ2n) is 18.1. The quantitative estimate of drug-likeness (QED) is 0.145. The van der Waals surface area contributed by atoms with Gasteiger partial charge in [-0.2, -0.15) is 0 Å². The third-order valence-corrected chi connectivity index (χ3v) is 13.6. The van der Waals surface area contributed by atoms with Crippen LogP contribution in [0.1, 0.15) is 90.7 Å². The standard InChI is InChI=1S/C48H57FN10O5/c1-5-32-26-59(45-37(32)22-35(24-51-45)58-17-12-42(61)52-47(58)63)34-10-15-55(16-11-34)28-48(49)13-18-56(19-14-48)46(62)43-29(2)20-33(21-30(43)3)41-27-57(25-31(4)64-41)39-23-38(53-54-44(39)50)36-8-6-7-9-40(36)60/h6-9,20-24,26,31,34,41,60H,5,10-19,25,27-28H2,1-4H3,(H2,50,54)(H,52,61,63)/t31-,41-/m0/s1. The molecular formula is C48H57FN10O5. The first-order valence-electron chi connectivity index (χ1n) is 22.5. The molecule has 0 radical (unpaired) electrons. The number of anilines is 3. The van der Waals surface area contributed by atoms with Crippen molar-refractivity contribution in [2.75, 3.05) is 67.9 Å². The monoisotopic (exact) mass is 872 g/mol. The number of nitrogens with two attached hydrogens (primary N) is 1. The number of benzene rings is 2. The number of pyridine rings is 1. The molecule has 4 saturated heterocycles. The van der Waals surface area contributed by atoms with Crippen molar-refractivity contribution in [1.29, 1.82) is 0 Å². The molecule has 2 atom stereocenters. The number of carbonyl (C=O) groups excluding carboxylic acids is 3. The van der Waals surface area contributed by atoms with Crippen molar-refractivity contribution in [3.8, 4) is 17.0 Å². The number of phenolic OH excluding ortho intramolecular Hbond substituents is 1. The minimum absolute atomic E-state index is 0.0725. The number of para-hydroxylation sites is 1. The van der Waals surface area contributed by atoms with Crippen LogP contribution in [0.15, 0.2) is 60.9 Å². The first-order chi connectivity index (χ1) is 30.8. The predicted octanol–water partition coefficient (Wildman–Crippen LogP) is 6.65. The number of aromatic hydroxyl groups is 1. The highest BCUT2D eigenvalue weighted by atomic mass is 19.1. The molecule has 336 valence electrons. The number of ether oxygens (including phenoxy) is 1. The molecule has 64 heavy (non-hydrogen) atoms. The number of aromatic nitrogens is 4. The molecule has 4 amide bonds. The van der Waals surface area contributed by atoms with Gasteiger partial charge in [0.05, 0.1) is 29.4 Å². The van der Waals surface area contributed by atoms with Gasteiger partial charge < -0.3 is 34.8 Å². The van der Waals surface area contributed by atoms with Crippen molar-refractivity contribution in [2.24, 2.45) is 0 Å². The van der Waals surface area contributed by atoms with Crippen molar-refractivity contribution >= 4 is 46.1 Å². The summed E-state index contributed by atoms with van der Waals surface area (Å²) in [6, 6.07) is 14.7. The number of rotatable bonds is 9. The first-order valence-corrected chi connectivity index (χ1v) is 22.5. The molecule has 3 aromatic heterocycles. The fourth-order valence-electron chi connectivity index (χ4n) is 10.2. The maximum atomic E-state index is 16.6. The number of nitrogens with zero attached hydrogens (tertiary/aromatic N) is 8. The summed E-state index contributed by atoms with van der Waals surface area (Å²) in [5.41, 5.74) is 12.8. The van der Waals surface area contributed by atoms with Gasteiger partial charge in [0.15, 0.2) is 5.82 Å². The number of hydrogen-bond donors (Lipinski definition) is 3. The highest BCUT2D eigenvalue weighted by molar-refractivity contribution is 6.06. The van der Waals surface area contributed by atoms with Gasteiger partial charge in [0.2, 0.25) is 5.91 Å². The van der Waals surface area contributed by atoms with Crippen LogP contribution < -0.4 is 20.9 Å². The van der Waals surface area contributed by atoms with Gasteiger partial charge in [-0.15, -0.1) is 10.2 Å². The summed E-state index contributed by atoms with van der Waals surface area (Å²) in [4.78, 5) is 50.9. The van der Waals surface area contributed by atoms with Crippen LogP contribution in [0.4, 0.5) is 26.4 Å². The summed E-state index contributed by atoms with van der Waals surface area (Å²) in [5.74, 6) is 0.0598. The van der Waals surface area contributed by atoms with E-state index in [9.17, 15) is 19.5 Å². The number of carbonyl (C=O) groups is 3. The molecule has 0 aliphatic carbocycles. The summed E-state index contributed by atoms with van der Waals surface area (Å²) in [5, 5.41) is 22.3. The molecule has 2 aromatic carbocycles. The summed E-state index contributed by atoms with van der Waals surface area (Å²) in [6.45, 7) is 12.0. The lowest BCUT2D eigenvalue weighted by molar-refractivity contribution is -0.120. The molecule has 4 fully saturated rings. The van der Waals surface area contributed by atoms with E-state index >= 15 is 4.39 Å². The third-order valence-electron chi connectivity index (χ3n) is 13.6. The van der Waals surface area contributed by atoms with Gasteiger partial charge >= 0.3 is 6.03 Å². The molecule has 16 heteroatoms. The minimum atomic E-state index is -1.38. The van der Waals surface area contributed by atoms with E-state index in [1.165, 1.54) is 0 Å². The number of likely N-dealkylation sites (tertiary alicyclic amines) is 2. The van der Waals surface area contributed by atoms with Gasteiger partial charge in [-0.3, -0.25) is 19.8 Å². The van der Waals surface area contributed by atoms with Crippen molar-refractivity contribution in [2.45, 2.75) is 90.1 Å². The topological polar surface area (TPSA) is 175 Å². The Morgan fingerprint density at radius 2 is 1.73 bits per heavy atom. The van der Waals surface area contributed by atoms with Gasteiger partial charge in [0, 0.05) is 100 Å². The normalized spacial score (nSPS) is 21.1. The fourth-order valence-corrected chi connectivity index (χ4v) is 10.2. The lowest BCUT2D eigenvalue weighted by Crippen LogP contribution is -2.51. The van der Waals surface area contributed by atoms with Crippen molar-refractivity contribution < 1.29 is 28.6 Å². The van der Waals surface area contributed by atoms with Crippen LogP contribution in [0.25, 0.3) is 22.3 Å². The Labute approximate surface area is 372 Å². The molecule has 9 rings (SSSR count). The molecule has 0 spiro atoms. The minimum Gasteiger partial charge on any atom is -0.507 e. The number of imide groups is 1. The number of nitrogen functional groups attached to an aromatic ring is 1. The van der Waals surface area contributed by atoms with E-state index in [1.807, 2.05) is 51.1 Å². The summed E-state index contributed by atoms with van der Waals surface area (Å²) in [6.07, 6.45) is 6.82. The van der Waals surface area contributed by atoms with Crippen molar-refractivity contribution in [1.82, 2.24) is 34.9 Å². The van der Waals surface area contributed by atoms with Crippen LogP contribution >= 0.6 is 0 Å². The first kappa shape index (κ1) is 43.1. The van der Waals surface area contributed by atoms with E-state index in [0.29, 0.717) is 67.5 Å². The third kappa shape index (κ3) is 8.48. The molecular weight excluding hydrogens is 816 g/mol. The van der Waals surface area contributed by atoms with Crippen LogP contribution in [0.3, 0.4) is 0 Å². The van der Waals surface area contributed by atoms with Crippen LogP contribution in [-0.4, -0.2) is 117 Å². The molecule has 0 unspecified atom stereocenters. The fraction of sp³-hybridized carbons (Fsp3) is 0.458. The number of piperidine rings is 2. The van der Waals surface area contributed by atoms with E-state index in [0.717, 1.165) is 65.6 Å². The molecule has 0 bridgehead atoms. The van der Waals surface area contributed by atoms with Crippen LogP contribution in [0.5, 0.6) is 5.75 Å².